The Kier molecular flexibility index (Phi) is 10.5. The molecule has 0 aromatic heterocycles. The van der Waals surface area contributed by atoms with E-state index in [0.717, 1.165) is 48.7 Å². The lowest BCUT2D eigenvalue weighted by molar-refractivity contribution is 0.202. The molecule has 2 N–H and O–H groups in total. The van der Waals surface area contributed by atoms with E-state index in [-0.39, 0.29) is 0 Å². The zero-order chi connectivity index (χ0) is 21.9. The van der Waals surface area contributed by atoms with Crippen molar-refractivity contribution in [3.63, 3.8) is 0 Å². The molecule has 3 nitrogen and oxygen atoms in total. The van der Waals surface area contributed by atoms with Crippen LogP contribution in [0.25, 0.3) is 5.70 Å². The summed E-state index contributed by atoms with van der Waals surface area (Å²) in [5.41, 5.74) is 4.92. The van der Waals surface area contributed by atoms with E-state index in [1.807, 2.05) is 14.0 Å². The zero-order valence-corrected chi connectivity index (χ0v) is 19.9. The van der Waals surface area contributed by atoms with Crippen molar-refractivity contribution in [2.45, 2.75) is 72.3 Å². The fourth-order valence-electron chi connectivity index (χ4n) is 4.47. The first kappa shape index (κ1) is 24.5. The van der Waals surface area contributed by atoms with E-state index in [2.05, 4.69) is 55.8 Å². The second kappa shape index (κ2) is 12.8. The van der Waals surface area contributed by atoms with Gasteiger partial charge in [-0.1, -0.05) is 52.0 Å². The predicted octanol–water partition coefficient (Wildman–Crippen LogP) is 6.30. The molecule has 0 amide bonds. The molecule has 0 heterocycles. The number of hydrogen-bond donors (Lipinski definition) is 2. The van der Waals surface area contributed by atoms with Gasteiger partial charge >= 0.3 is 0 Å². The van der Waals surface area contributed by atoms with Crippen LogP contribution in [0.1, 0.15) is 76.0 Å². The van der Waals surface area contributed by atoms with Crippen molar-refractivity contribution < 1.29 is 4.74 Å². The van der Waals surface area contributed by atoms with Gasteiger partial charge in [-0.25, -0.2) is 0 Å². The molecule has 0 radical (unpaired) electrons. The van der Waals surface area contributed by atoms with Gasteiger partial charge in [0.1, 0.15) is 6.61 Å². The van der Waals surface area contributed by atoms with Gasteiger partial charge in [0.2, 0.25) is 0 Å². The minimum absolute atomic E-state index is 0.567. The molecule has 1 fully saturated rings. The molecule has 1 aromatic carbocycles. The van der Waals surface area contributed by atoms with E-state index in [9.17, 15) is 0 Å². The van der Waals surface area contributed by atoms with E-state index < -0.39 is 0 Å². The molecule has 3 heteroatoms. The molecule has 1 aliphatic rings. The number of benzene rings is 1. The number of unbranched alkanes of at least 4 members (excludes halogenated alkanes) is 2. The highest BCUT2D eigenvalue weighted by Crippen LogP contribution is 2.36. The lowest BCUT2D eigenvalue weighted by Gasteiger charge is -2.32. The first-order valence-electron chi connectivity index (χ1n) is 11.9. The lowest BCUT2D eigenvalue weighted by atomic mass is 9.73. The summed E-state index contributed by atoms with van der Waals surface area (Å²) in [6.07, 6.45) is 8.82. The summed E-state index contributed by atoms with van der Waals surface area (Å²) in [5.74, 6) is 3.22. The average molecular weight is 413 g/mol. The first-order chi connectivity index (χ1) is 14.4. The molecule has 0 aliphatic heterocycles. The van der Waals surface area contributed by atoms with Crippen molar-refractivity contribution in [1.29, 1.82) is 0 Å². The second-order valence-corrected chi connectivity index (χ2v) is 9.39. The smallest absolute Gasteiger partial charge is 0.113 e. The number of allylic oxidation sites excluding steroid dienone is 1. The maximum atomic E-state index is 5.66. The Hall–Kier alpha value is -1.74. The van der Waals surface area contributed by atoms with E-state index in [0.29, 0.717) is 6.61 Å². The van der Waals surface area contributed by atoms with Gasteiger partial charge in [-0.2, -0.15) is 0 Å². The minimum atomic E-state index is 0.567. The zero-order valence-electron chi connectivity index (χ0n) is 19.9. The summed E-state index contributed by atoms with van der Waals surface area (Å²) in [4.78, 5) is 0. The normalized spacial score (nSPS) is 21.3. The van der Waals surface area contributed by atoms with Gasteiger partial charge in [-0.15, -0.1) is 0 Å². The number of rotatable bonds is 13. The molecule has 0 bridgehead atoms. The summed E-state index contributed by atoms with van der Waals surface area (Å²) >= 11 is 0. The molecule has 168 valence electrons. The van der Waals surface area contributed by atoms with E-state index in [1.54, 1.807) is 0 Å². The standard InChI is InChI=1S/C27H44N2O/c1-20(2)30-19-25-12-13-26(17-24-11-10-21(3)22(4)16-24)27(18-25)23(5)29-15-9-7-8-14-28-6/h12-13,18,21-22,24,28-29H,1,5,7-11,14-17,19H2,2-4,6H3/t21-,22?,24+/m0/s1. The Labute approximate surface area is 185 Å². The first-order valence-corrected chi connectivity index (χ1v) is 11.9. The molecule has 1 unspecified atom stereocenters. The van der Waals surface area contributed by atoms with E-state index >= 15 is 0 Å². The second-order valence-electron chi connectivity index (χ2n) is 9.39. The molecule has 1 aromatic rings. The Morgan fingerprint density at radius 1 is 1.07 bits per heavy atom. The van der Waals surface area contributed by atoms with Crippen LogP contribution < -0.4 is 10.6 Å². The van der Waals surface area contributed by atoms with Crippen LogP contribution in [0.2, 0.25) is 0 Å². The highest BCUT2D eigenvalue weighted by molar-refractivity contribution is 5.65. The van der Waals surface area contributed by atoms with Gasteiger partial charge in [-0.05, 0) is 87.6 Å². The van der Waals surface area contributed by atoms with Crippen molar-refractivity contribution in [2.24, 2.45) is 17.8 Å². The number of ether oxygens (including phenoxy) is 1. The third kappa shape index (κ3) is 8.18. The predicted molar refractivity (Wildman–Crippen MR) is 130 cm³/mol. The molecule has 30 heavy (non-hydrogen) atoms. The van der Waals surface area contributed by atoms with Crippen molar-refractivity contribution in [2.75, 3.05) is 20.1 Å². The Balaban J connectivity index is 2.05. The maximum absolute atomic E-state index is 5.66. The van der Waals surface area contributed by atoms with Gasteiger partial charge < -0.3 is 15.4 Å². The highest BCUT2D eigenvalue weighted by Gasteiger charge is 2.25. The molecule has 3 atom stereocenters. The molecule has 0 spiro atoms. The van der Waals surface area contributed by atoms with E-state index in [1.165, 1.54) is 55.2 Å². The fraction of sp³-hybridized carbons (Fsp3) is 0.630. The fourth-order valence-corrected chi connectivity index (χ4v) is 4.47. The van der Waals surface area contributed by atoms with Crippen molar-refractivity contribution in [1.82, 2.24) is 10.6 Å². The monoisotopic (exact) mass is 412 g/mol. The third-order valence-corrected chi connectivity index (χ3v) is 6.64. The van der Waals surface area contributed by atoms with Crippen molar-refractivity contribution in [3.05, 3.63) is 53.8 Å². The number of nitrogens with one attached hydrogen (secondary N) is 2. The van der Waals surface area contributed by atoms with E-state index in [4.69, 9.17) is 4.74 Å². The van der Waals surface area contributed by atoms with Gasteiger partial charge in [0.25, 0.3) is 0 Å². The summed E-state index contributed by atoms with van der Waals surface area (Å²) in [6.45, 7) is 17.6. The minimum Gasteiger partial charge on any atom is -0.494 e. The van der Waals surface area contributed by atoms with Gasteiger partial charge in [0.05, 0.1) is 5.76 Å². The van der Waals surface area contributed by atoms with Crippen LogP contribution in [0.15, 0.2) is 37.1 Å². The lowest BCUT2D eigenvalue weighted by Crippen LogP contribution is -2.23. The Morgan fingerprint density at radius 3 is 2.53 bits per heavy atom. The van der Waals surface area contributed by atoms with Crippen LogP contribution in [0.4, 0.5) is 0 Å². The summed E-state index contributed by atoms with van der Waals surface area (Å²) in [5, 5.41) is 6.80. The molecule has 1 aliphatic carbocycles. The largest absolute Gasteiger partial charge is 0.494 e. The van der Waals surface area contributed by atoms with Crippen LogP contribution >= 0.6 is 0 Å². The van der Waals surface area contributed by atoms with Crippen LogP contribution in [-0.4, -0.2) is 20.1 Å². The highest BCUT2D eigenvalue weighted by atomic mass is 16.5. The maximum Gasteiger partial charge on any atom is 0.113 e. The van der Waals surface area contributed by atoms with Gasteiger partial charge in [0, 0.05) is 17.8 Å². The van der Waals surface area contributed by atoms with Crippen molar-refractivity contribution >= 4 is 5.70 Å². The Morgan fingerprint density at radius 2 is 1.83 bits per heavy atom. The third-order valence-electron chi connectivity index (χ3n) is 6.64. The summed E-state index contributed by atoms with van der Waals surface area (Å²) in [7, 11) is 2.01. The molecule has 2 rings (SSSR count). The molecular weight excluding hydrogens is 368 g/mol. The SMILES string of the molecule is C=C(C)OCc1ccc(C[C@@H]2CC[C@H](C)C(C)C2)c(C(=C)NCCCCCNC)c1. The molecular formula is C27H44N2O. The van der Waals surface area contributed by atoms with Crippen molar-refractivity contribution in [3.8, 4) is 0 Å². The molecule has 0 saturated heterocycles. The van der Waals surface area contributed by atoms with Crippen LogP contribution in [0.5, 0.6) is 0 Å². The van der Waals surface area contributed by atoms with Gasteiger partial charge in [-0.3, -0.25) is 0 Å². The quantitative estimate of drug-likeness (QED) is 0.294. The Bertz CT molecular complexity index is 681. The van der Waals surface area contributed by atoms with Crippen LogP contribution in [-0.2, 0) is 17.8 Å². The van der Waals surface area contributed by atoms with Gasteiger partial charge in [0.15, 0.2) is 0 Å². The summed E-state index contributed by atoms with van der Waals surface area (Å²) in [6, 6.07) is 6.78. The molecule has 1 saturated carbocycles. The summed E-state index contributed by atoms with van der Waals surface area (Å²) < 4.78 is 5.66. The van der Waals surface area contributed by atoms with Crippen LogP contribution in [0, 0.1) is 17.8 Å². The topological polar surface area (TPSA) is 33.3 Å². The average Bonchev–Trinajstić information content (AvgIpc) is 2.72. The van der Waals surface area contributed by atoms with Crippen LogP contribution in [0.3, 0.4) is 0 Å². The number of hydrogen-bond acceptors (Lipinski definition) is 3.